The Morgan fingerprint density at radius 2 is 1.45 bits per heavy atom. The van der Waals surface area contributed by atoms with Gasteiger partial charge in [-0.1, -0.05) is 30.3 Å². The van der Waals surface area contributed by atoms with Crippen LogP contribution < -0.4 is 5.46 Å². The van der Waals surface area contributed by atoms with Crippen LogP contribution in [-0.4, -0.2) is 28.7 Å². The Hall–Kier alpha value is -2.64. The number of hydrogen-bond acceptors (Lipinski definition) is 4. The van der Waals surface area contributed by atoms with Crippen molar-refractivity contribution in [3.8, 4) is 0 Å². The largest absolute Gasteiger partial charge is 0.488 e. The summed E-state index contributed by atoms with van der Waals surface area (Å²) in [7, 11) is -1.51. The number of ketones is 2. The molecule has 1 saturated carbocycles. The van der Waals surface area contributed by atoms with Gasteiger partial charge < -0.3 is 10.0 Å². The highest BCUT2D eigenvalue weighted by atomic mass is 19.1. The Balaban J connectivity index is 0.000000166. The van der Waals surface area contributed by atoms with Gasteiger partial charge in [0, 0.05) is 19.3 Å². The standard InChI is InChI=1S/C11H11FO.C6H6BFO2.C5H6O/c12-10-4-1-8(2-5-10)9-3-6-11(13)7-9;8-6-3-1-5(2-4-6)7(9)10;6-5-3-1-2-4-5/h1-2,4-5,9H,3,6-7H2;1-4,9-10H;1,3H,2,4H2. The third-order valence-corrected chi connectivity index (χ3v) is 4.62. The zero-order valence-electron chi connectivity index (χ0n) is 15.9. The first kappa shape index (κ1) is 22.7. The maximum atomic E-state index is 12.6. The molecule has 0 saturated heterocycles. The van der Waals surface area contributed by atoms with Gasteiger partial charge in [-0.05, 0) is 60.1 Å². The molecule has 0 aliphatic heterocycles. The van der Waals surface area contributed by atoms with Crippen molar-refractivity contribution in [1.29, 1.82) is 0 Å². The van der Waals surface area contributed by atoms with Crippen LogP contribution in [0.15, 0.2) is 60.7 Å². The van der Waals surface area contributed by atoms with E-state index in [1.165, 1.54) is 36.4 Å². The van der Waals surface area contributed by atoms with Crippen molar-refractivity contribution in [2.75, 3.05) is 0 Å². The Bertz CT molecular complexity index is 833. The Morgan fingerprint density at radius 1 is 0.862 bits per heavy atom. The maximum absolute atomic E-state index is 12.6. The van der Waals surface area contributed by atoms with E-state index in [0.29, 0.717) is 30.0 Å². The van der Waals surface area contributed by atoms with Crippen LogP contribution in [0.5, 0.6) is 0 Å². The smallest absolute Gasteiger partial charge is 0.423 e. The molecule has 2 aromatic rings. The zero-order valence-corrected chi connectivity index (χ0v) is 15.9. The van der Waals surface area contributed by atoms with E-state index < -0.39 is 7.12 Å². The van der Waals surface area contributed by atoms with Crippen LogP contribution in [0.4, 0.5) is 8.78 Å². The summed E-state index contributed by atoms with van der Waals surface area (Å²) in [5.74, 6) is 0.329. The lowest BCUT2D eigenvalue weighted by molar-refractivity contribution is -0.117. The maximum Gasteiger partial charge on any atom is 0.488 e. The van der Waals surface area contributed by atoms with E-state index in [1.54, 1.807) is 18.2 Å². The first-order valence-corrected chi connectivity index (χ1v) is 9.43. The Morgan fingerprint density at radius 3 is 1.83 bits per heavy atom. The summed E-state index contributed by atoms with van der Waals surface area (Å²) < 4.78 is 24.8. The number of carbonyl (C=O) groups excluding carboxylic acids is 2. The molecule has 2 N–H and O–H groups in total. The van der Waals surface area contributed by atoms with Gasteiger partial charge in [-0.2, -0.15) is 0 Å². The van der Waals surface area contributed by atoms with Gasteiger partial charge >= 0.3 is 7.12 Å². The van der Waals surface area contributed by atoms with Crippen molar-refractivity contribution >= 4 is 24.1 Å². The van der Waals surface area contributed by atoms with Crippen LogP contribution in [0.25, 0.3) is 0 Å². The van der Waals surface area contributed by atoms with Crippen LogP contribution in [0, 0.1) is 11.6 Å². The lowest BCUT2D eigenvalue weighted by Crippen LogP contribution is -2.29. The molecule has 4 rings (SSSR count). The Kier molecular flexibility index (Phi) is 8.89. The molecule has 2 aromatic carbocycles. The molecule has 1 unspecified atom stereocenters. The summed E-state index contributed by atoms with van der Waals surface area (Å²) in [6.45, 7) is 0. The molecule has 29 heavy (non-hydrogen) atoms. The van der Waals surface area contributed by atoms with Gasteiger partial charge in [-0.25, -0.2) is 8.78 Å². The molecule has 4 nitrogen and oxygen atoms in total. The highest BCUT2D eigenvalue weighted by molar-refractivity contribution is 6.58. The topological polar surface area (TPSA) is 74.6 Å². The molecule has 152 valence electrons. The van der Waals surface area contributed by atoms with E-state index in [2.05, 4.69) is 0 Å². The molecule has 2 aliphatic rings. The number of benzene rings is 2. The molecule has 0 aromatic heterocycles. The average Bonchev–Trinajstić information content (AvgIpc) is 3.35. The predicted octanol–water partition coefficient (Wildman–Crippen LogP) is 3.07. The summed E-state index contributed by atoms with van der Waals surface area (Å²) in [5, 5.41) is 17.1. The highest BCUT2D eigenvalue weighted by Crippen LogP contribution is 2.31. The summed E-state index contributed by atoms with van der Waals surface area (Å²) in [4.78, 5) is 21.2. The molecular weight excluding hydrogens is 377 g/mol. The quantitative estimate of drug-likeness (QED) is 0.760. The minimum Gasteiger partial charge on any atom is -0.423 e. The fourth-order valence-electron chi connectivity index (χ4n) is 2.99. The fraction of sp³-hybridized carbons (Fsp3) is 0.273. The van der Waals surface area contributed by atoms with Gasteiger partial charge in [-0.15, -0.1) is 0 Å². The van der Waals surface area contributed by atoms with E-state index >= 15 is 0 Å². The first-order chi connectivity index (χ1) is 13.8. The van der Waals surface area contributed by atoms with Crippen molar-refractivity contribution in [2.45, 2.75) is 38.0 Å². The van der Waals surface area contributed by atoms with Gasteiger partial charge in [0.1, 0.15) is 17.4 Å². The van der Waals surface area contributed by atoms with Gasteiger partial charge in [-0.3, -0.25) is 9.59 Å². The van der Waals surface area contributed by atoms with Crippen LogP contribution in [0.3, 0.4) is 0 Å². The van der Waals surface area contributed by atoms with Gasteiger partial charge in [0.15, 0.2) is 5.78 Å². The molecule has 7 heteroatoms. The lowest BCUT2D eigenvalue weighted by Gasteiger charge is -2.07. The van der Waals surface area contributed by atoms with E-state index in [9.17, 15) is 18.4 Å². The third-order valence-electron chi connectivity index (χ3n) is 4.62. The summed E-state index contributed by atoms with van der Waals surface area (Å²) >= 11 is 0. The number of Topliss-reactive ketones (excluding diaryl/α,β-unsaturated/α-hetero) is 1. The van der Waals surface area contributed by atoms with Crippen LogP contribution in [-0.2, 0) is 9.59 Å². The Labute approximate surface area is 169 Å². The van der Waals surface area contributed by atoms with Crippen molar-refractivity contribution in [1.82, 2.24) is 0 Å². The SMILES string of the molecule is O=C1C=CCC1.O=C1CCC(c2ccc(F)cc2)C1.OB(O)c1ccc(F)cc1. The number of rotatable bonds is 2. The van der Waals surface area contributed by atoms with Gasteiger partial charge in [0.25, 0.3) is 0 Å². The van der Waals surface area contributed by atoms with E-state index in [1.807, 2.05) is 6.08 Å². The second-order valence-corrected chi connectivity index (χ2v) is 6.86. The second kappa shape index (κ2) is 11.4. The molecule has 1 atom stereocenters. The molecule has 0 radical (unpaired) electrons. The molecule has 0 heterocycles. The van der Waals surface area contributed by atoms with E-state index in [0.717, 1.165) is 24.8 Å². The minimum atomic E-state index is -1.51. The number of allylic oxidation sites excluding steroid dienone is 2. The minimum absolute atomic E-state index is 0.215. The van der Waals surface area contributed by atoms with Crippen molar-refractivity contribution < 1.29 is 28.4 Å². The van der Waals surface area contributed by atoms with Crippen molar-refractivity contribution in [2.24, 2.45) is 0 Å². The summed E-state index contributed by atoms with van der Waals surface area (Å²) in [6, 6.07) is 11.5. The van der Waals surface area contributed by atoms with Gasteiger partial charge in [0.2, 0.25) is 0 Å². The second-order valence-electron chi connectivity index (χ2n) is 6.86. The van der Waals surface area contributed by atoms with Crippen molar-refractivity contribution in [3.05, 3.63) is 77.9 Å². The van der Waals surface area contributed by atoms with Gasteiger partial charge in [0.05, 0.1) is 0 Å². The number of halogens is 2. The van der Waals surface area contributed by atoms with Crippen molar-refractivity contribution in [3.63, 3.8) is 0 Å². The van der Waals surface area contributed by atoms with E-state index in [4.69, 9.17) is 10.0 Å². The van der Waals surface area contributed by atoms with Crippen LogP contribution >= 0.6 is 0 Å². The lowest BCUT2D eigenvalue weighted by atomic mass is 9.80. The molecule has 2 aliphatic carbocycles. The molecule has 1 fully saturated rings. The van der Waals surface area contributed by atoms with Crippen LogP contribution in [0.1, 0.15) is 43.6 Å². The number of carbonyl (C=O) groups is 2. The molecule has 0 amide bonds. The molecule has 0 spiro atoms. The summed E-state index contributed by atoms with van der Waals surface area (Å²) in [5.41, 5.74) is 1.38. The number of hydrogen-bond donors (Lipinski definition) is 2. The fourth-order valence-corrected chi connectivity index (χ4v) is 2.99. The predicted molar refractivity (Wildman–Crippen MR) is 108 cm³/mol. The monoisotopic (exact) mass is 400 g/mol. The van der Waals surface area contributed by atoms with E-state index in [-0.39, 0.29) is 17.4 Å². The zero-order chi connectivity index (χ0) is 21.2. The summed E-state index contributed by atoms with van der Waals surface area (Å²) in [6.07, 6.45) is 7.47. The van der Waals surface area contributed by atoms with Crippen LogP contribution in [0.2, 0.25) is 0 Å². The highest BCUT2D eigenvalue weighted by Gasteiger charge is 2.23. The molecular formula is C22H23BF2O4. The average molecular weight is 400 g/mol. The first-order valence-electron chi connectivity index (χ1n) is 9.43. The third kappa shape index (κ3) is 8.09. The normalized spacial score (nSPS) is 17.3. The molecule has 0 bridgehead atoms.